The highest BCUT2D eigenvalue weighted by Crippen LogP contribution is 2.23. The fraction of sp³-hybridized carbons (Fsp3) is 0.259. The molecule has 1 aromatic heterocycles. The summed E-state index contributed by atoms with van der Waals surface area (Å²) in [5.74, 6) is -3.19. The second kappa shape index (κ2) is 13.3. The van der Waals surface area contributed by atoms with Crippen LogP contribution in [0.25, 0.3) is 0 Å². The van der Waals surface area contributed by atoms with Crippen LogP contribution in [0.15, 0.2) is 54.7 Å². The molecule has 0 saturated carbocycles. The molecule has 39 heavy (non-hydrogen) atoms. The summed E-state index contributed by atoms with van der Waals surface area (Å²) in [5.41, 5.74) is 10.9. The van der Waals surface area contributed by atoms with Crippen LogP contribution in [0.3, 0.4) is 0 Å². The van der Waals surface area contributed by atoms with Crippen LogP contribution >= 0.6 is 0 Å². The molecule has 3 rings (SSSR count). The predicted octanol–water partition coefficient (Wildman–Crippen LogP) is 3.99. The molecule has 3 aromatic rings. The number of amides is 1. The van der Waals surface area contributed by atoms with Crippen molar-refractivity contribution < 1.29 is 37.4 Å². The number of carbonyl (C=O) groups is 3. The minimum Gasteiger partial charge on any atom is -0.475 e. The van der Waals surface area contributed by atoms with Gasteiger partial charge >= 0.3 is 18.1 Å². The van der Waals surface area contributed by atoms with Crippen molar-refractivity contribution in [1.82, 2.24) is 9.88 Å². The number of hydrogen-bond acceptors (Lipinski definition) is 5. The first-order valence-corrected chi connectivity index (χ1v) is 11.6. The maximum absolute atomic E-state index is 12.8. The lowest BCUT2D eigenvalue weighted by Gasteiger charge is -2.11. The number of carbonyl (C=O) groups excluding carboxylic acids is 2. The van der Waals surface area contributed by atoms with E-state index in [9.17, 15) is 22.8 Å². The summed E-state index contributed by atoms with van der Waals surface area (Å²) in [5, 5.41) is 14.8. The molecule has 5 N–H and O–H groups in total. The van der Waals surface area contributed by atoms with E-state index in [-0.39, 0.29) is 24.3 Å². The zero-order valence-corrected chi connectivity index (χ0v) is 21.6. The molecule has 0 bridgehead atoms. The molecule has 1 amide bonds. The monoisotopic (exact) mass is 546 g/mol. The van der Waals surface area contributed by atoms with Crippen LogP contribution in [0.2, 0.25) is 0 Å². The van der Waals surface area contributed by atoms with Gasteiger partial charge in [-0.1, -0.05) is 30.3 Å². The van der Waals surface area contributed by atoms with E-state index in [0.717, 1.165) is 22.4 Å². The Kier molecular flexibility index (Phi) is 10.4. The van der Waals surface area contributed by atoms with Crippen molar-refractivity contribution >= 4 is 23.7 Å². The molecule has 0 spiro atoms. The van der Waals surface area contributed by atoms with Gasteiger partial charge in [0, 0.05) is 43.5 Å². The number of nitrogen functional groups attached to an aromatic ring is 1. The smallest absolute Gasteiger partial charge is 0.475 e. The van der Waals surface area contributed by atoms with E-state index in [1.165, 1.54) is 4.90 Å². The number of esters is 1. The Morgan fingerprint density at radius 3 is 2.15 bits per heavy atom. The zero-order valence-electron chi connectivity index (χ0n) is 21.6. The molecule has 0 unspecified atom stereocenters. The summed E-state index contributed by atoms with van der Waals surface area (Å²) < 4.78 is 37.1. The predicted molar refractivity (Wildman–Crippen MR) is 138 cm³/mol. The highest BCUT2D eigenvalue weighted by molar-refractivity contribution is 5.95. The van der Waals surface area contributed by atoms with Gasteiger partial charge in [-0.3, -0.25) is 10.2 Å². The maximum Gasteiger partial charge on any atom is 0.490 e. The summed E-state index contributed by atoms with van der Waals surface area (Å²) in [7, 11) is 3.44. The number of aromatic nitrogens is 1. The van der Waals surface area contributed by atoms with Crippen molar-refractivity contribution in [3.63, 3.8) is 0 Å². The van der Waals surface area contributed by atoms with Gasteiger partial charge in [-0.15, -0.1) is 0 Å². The average Bonchev–Trinajstić information content (AvgIpc) is 3.25. The van der Waals surface area contributed by atoms with Crippen LogP contribution in [0.1, 0.15) is 55.6 Å². The molecule has 1 heterocycles. The lowest BCUT2D eigenvalue weighted by atomic mass is 9.98. The quantitative estimate of drug-likeness (QED) is 0.191. The summed E-state index contributed by atoms with van der Waals surface area (Å²) in [6.45, 7) is 2.06. The van der Waals surface area contributed by atoms with Crippen LogP contribution in [0.4, 0.5) is 13.2 Å². The highest BCUT2D eigenvalue weighted by atomic mass is 19.4. The molecule has 9 nitrogen and oxygen atoms in total. The van der Waals surface area contributed by atoms with E-state index in [0.29, 0.717) is 29.5 Å². The maximum atomic E-state index is 12.8. The van der Waals surface area contributed by atoms with Crippen molar-refractivity contribution in [2.24, 2.45) is 5.73 Å². The Morgan fingerprint density at radius 1 is 1.03 bits per heavy atom. The van der Waals surface area contributed by atoms with Gasteiger partial charge < -0.3 is 25.5 Å². The van der Waals surface area contributed by atoms with Gasteiger partial charge in [-0.2, -0.15) is 13.2 Å². The van der Waals surface area contributed by atoms with Crippen molar-refractivity contribution in [1.29, 1.82) is 5.41 Å². The van der Waals surface area contributed by atoms with Gasteiger partial charge in [0.2, 0.25) is 0 Å². The zero-order chi connectivity index (χ0) is 29.3. The number of hydrogen-bond donors (Lipinski definition) is 4. The largest absolute Gasteiger partial charge is 0.490 e. The number of nitrogens with zero attached hydrogens (tertiary/aromatic N) is 1. The molecule has 0 saturated heterocycles. The summed E-state index contributed by atoms with van der Waals surface area (Å²) >= 11 is 0. The molecule has 0 aliphatic rings. The van der Waals surface area contributed by atoms with E-state index in [1.807, 2.05) is 36.5 Å². The van der Waals surface area contributed by atoms with Gasteiger partial charge in [-0.05, 0) is 48.2 Å². The second-order valence-electron chi connectivity index (χ2n) is 8.55. The third-order valence-corrected chi connectivity index (χ3v) is 5.39. The van der Waals surface area contributed by atoms with E-state index >= 15 is 0 Å². The molecule has 0 aliphatic carbocycles. The summed E-state index contributed by atoms with van der Waals surface area (Å²) in [6.07, 6.45) is -2.25. The number of carboxylic acids is 1. The molecular formula is C27H29F3N4O5. The number of nitrogens with two attached hydrogens (primary N) is 1. The van der Waals surface area contributed by atoms with E-state index in [2.05, 4.69) is 4.98 Å². The molecular weight excluding hydrogens is 517 g/mol. The lowest BCUT2D eigenvalue weighted by Crippen LogP contribution is -2.21. The van der Waals surface area contributed by atoms with Gasteiger partial charge in [-0.25, -0.2) is 9.59 Å². The minimum atomic E-state index is -5.08. The number of H-pyrrole nitrogens is 1. The number of aliphatic carboxylic acids is 1. The number of halogens is 3. The number of amidine groups is 1. The normalized spacial score (nSPS) is 10.7. The highest BCUT2D eigenvalue weighted by Gasteiger charge is 2.38. The molecule has 0 aliphatic heterocycles. The fourth-order valence-electron chi connectivity index (χ4n) is 3.55. The fourth-order valence-corrected chi connectivity index (χ4v) is 3.55. The molecule has 208 valence electrons. The number of benzene rings is 2. The van der Waals surface area contributed by atoms with Crippen molar-refractivity contribution in [2.45, 2.75) is 25.9 Å². The molecule has 2 aromatic carbocycles. The number of ether oxygens (including phenoxy) is 1. The van der Waals surface area contributed by atoms with Crippen molar-refractivity contribution in [3.8, 4) is 0 Å². The van der Waals surface area contributed by atoms with Crippen LogP contribution in [0.5, 0.6) is 0 Å². The Balaban J connectivity index is 0.000000673. The van der Waals surface area contributed by atoms with Crippen LogP contribution in [0, 0.1) is 5.41 Å². The third-order valence-electron chi connectivity index (χ3n) is 5.39. The lowest BCUT2D eigenvalue weighted by molar-refractivity contribution is -0.192. The Labute approximate surface area is 222 Å². The van der Waals surface area contributed by atoms with E-state index < -0.39 is 12.1 Å². The first-order valence-electron chi connectivity index (χ1n) is 11.6. The molecule has 0 atom stereocenters. The number of alkyl halides is 3. The molecule has 0 fully saturated rings. The van der Waals surface area contributed by atoms with Crippen LogP contribution < -0.4 is 5.73 Å². The number of nitrogens with one attached hydrogen (secondary N) is 2. The second-order valence-corrected chi connectivity index (χ2v) is 8.55. The third kappa shape index (κ3) is 8.73. The van der Waals surface area contributed by atoms with E-state index in [1.54, 1.807) is 39.2 Å². The van der Waals surface area contributed by atoms with Crippen LogP contribution in [-0.2, 0) is 22.4 Å². The Morgan fingerprint density at radius 2 is 1.64 bits per heavy atom. The number of aromatic amines is 1. The van der Waals surface area contributed by atoms with Gasteiger partial charge in [0.15, 0.2) is 0 Å². The number of rotatable bonds is 8. The molecule has 12 heteroatoms. The van der Waals surface area contributed by atoms with E-state index in [4.69, 9.17) is 25.8 Å². The topological polar surface area (TPSA) is 150 Å². The average molecular weight is 547 g/mol. The standard InChI is InChI=1S/C25H28N4O3.C2HF3O2/c1-4-32-25(31)22-20(12-16-8-10-18(11-9-16)24(30)29(2)3)15-28-21(22)14-17-6-5-7-19(13-17)23(26)27;3-2(4,5)1(6)7/h5-11,13,15,28H,4,12,14H2,1-3H3,(H3,26,27);(H,6,7). The Bertz CT molecular complexity index is 1330. The minimum absolute atomic E-state index is 0.000774. The van der Waals surface area contributed by atoms with Gasteiger partial charge in [0.05, 0.1) is 12.2 Å². The van der Waals surface area contributed by atoms with Crippen molar-refractivity contribution in [2.75, 3.05) is 20.7 Å². The Hall–Kier alpha value is -4.61. The molecule has 0 radical (unpaired) electrons. The van der Waals surface area contributed by atoms with Gasteiger partial charge in [0.1, 0.15) is 5.84 Å². The first kappa shape index (κ1) is 30.6. The van der Waals surface area contributed by atoms with Gasteiger partial charge in [0.25, 0.3) is 5.91 Å². The SMILES string of the molecule is CCOC(=O)c1c(Cc2ccc(C(=O)N(C)C)cc2)c[nH]c1Cc1cccc(C(=N)N)c1.O=C(O)C(F)(F)F. The van der Waals surface area contributed by atoms with Crippen LogP contribution in [-0.4, -0.2) is 65.6 Å². The summed E-state index contributed by atoms with van der Waals surface area (Å²) in [6, 6.07) is 14.8. The first-order chi connectivity index (χ1) is 18.2. The summed E-state index contributed by atoms with van der Waals surface area (Å²) in [4.78, 5) is 38.5. The number of carboxylic acid groups (broad SMARTS) is 1. The van der Waals surface area contributed by atoms with Crippen molar-refractivity contribution in [3.05, 3.63) is 93.8 Å².